The number of allylic oxidation sites excluding steroid dienone is 11. The molecule has 5 aliphatic carbocycles. The molecule has 1 aromatic carbocycles. The van der Waals surface area contributed by atoms with Gasteiger partial charge in [-0.2, -0.15) is 0 Å². The average molecular weight is 513 g/mol. The first-order valence-electron chi connectivity index (χ1n) is 15.0. The van der Waals surface area contributed by atoms with Gasteiger partial charge in [-0.3, -0.25) is 4.90 Å². The van der Waals surface area contributed by atoms with E-state index >= 15 is 0 Å². The highest BCUT2D eigenvalue weighted by atomic mass is 15.3. The van der Waals surface area contributed by atoms with Crippen LogP contribution in [0.3, 0.4) is 0 Å². The highest BCUT2D eigenvalue weighted by Crippen LogP contribution is 2.51. The van der Waals surface area contributed by atoms with Crippen LogP contribution >= 0.6 is 0 Å². The molecule has 1 aliphatic heterocycles. The van der Waals surface area contributed by atoms with Crippen molar-refractivity contribution in [2.45, 2.75) is 69.1 Å². The van der Waals surface area contributed by atoms with Gasteiger partial charge in [0.25, 0.3) is 0 Å². The molecular weight excluding hydrogens is 472 g/mol. The second-order valence-corrected chi connectivity index (χ2v) is 12.0. The average Bonchev–Trinajstić information content (AvgIpc) is 3.27. The van der Waals surface area contributed by atoms with Crippen molar-refractivity contribution < 1.29 is 0 Å². The molecule has 7 rings (SSSR count). The molecule has 6 aliphatic rings. The lowest BCUT2D eigenvalue weighted by Crippen LogP contribution is -2.51. The van der Waals surface area contributed by atoms with Crippen LogP contribution in [0.25, 0.3) is 5.57 Å². The molecule has 6 atom stereocenters. The first kappa shape index (κ1) is 24.7. The summed E-state index contributed by atoms with van der Waals surface area (Å²) in [7, 11) is 0. The van der Waals surface area contributed by atoms with Gasteiger partial charge >= 0.3 is 0 Å². The number of benzene rings is 1. The van der Waals surface area contributed by atoms with Gasteiger partial charge in [0.2, 0.25) is 0 Å². The minimum atomic E-state index is 0.0932. The zero-order valence-corrected chi connectivity index (χ0v) is 23.1. The molecule has 0 aromatic heterocycles. The van der Waals surface area contributed by atoms with Crippen LogP contribution in [0.2, 0.25) is 0 Å². The van der Waals surface area contributed by atoms with Crippen LogP contribution in [0.1, 0.15) is 51.0 Å². The topological polar surface area (TPSA) is 6.48 Å². The summed E-state index contributed by atoms with van der Waals surface area (Å²) in [4.78, 5) is 5.36. The van der Waals surface area contributed by atoms with E-state index in [1.54, 1.807) is 0 Å². The van der Waals surface area contributed by atoms with E-state index in [0.29, 0.717) is 24.0 Å². The summed E-state index contributed by atoms with van der Waals surface area (Å²) in [5.74, 6) is 1.33. The van der Waals surface area contributed by atoms with Gasteiger partial charge in [0.15, 0.2) is 0 Å². The minimum absolute atomic E-state index is 0.0932. The summed E-state index contributed by atoms with van der Waals surface area (Å²) in [5.41, 5.74) is 5.45. The largest absolute Gasteiger partial charge is 0.338 e. The molecule has 2 heteroatoms. The van der Waals surface area contributed by atoms with E-state index in [9.17, 15) is 0 Å². The van der Waals surface area contributed by atoms with Gasteiger partial charge in [0.05, 0.1) is 6.04 Å². The second kappa shape index (κ2) is 10.3. The standard InChI is InChI=1S/C37H40N2/c1-37-27-11-10-17-35(37)34-16-8-9-18-36(34)39(37)33-25-21-29(22-26-33)28-19-23-32(24-20-28)38(30-12-4-2-5-13-30)31-14-6-3-7-15-31/h2-6,9-12,14,17-25,27,30,33-36H,7-8,13,15-16,26H2,1H3. The molecule has 0 N–H and O–H groups in total. The third kappa shape index (κ3) is 4.39. The fourth-order valence-corrected chi connectivity index (χ4v) is 7.97. The van der Waals surface area contributed by atoms with E-state index in [-0.39, 0.29) is 5.54 Å². The van der Waals surface area contributed by atoms with Crippen LogP contribution < -0.4 is 4.90 Å². The van der Waals surface area contributed by atoms with Crippen molar-refractivity contribution in [1.29, 1.82) is 0 Å². The Bertz CT molecular complexity index is 1360. The lowest BCUT2D eigenvalue weighted by atomic mass is 9.74. The number of hydrogen-bond acceptors (Lipinski definition) is 2. The predicted molar refractivity (Wildman–Crippen MR) is 165 cm³/mol. The number of likely N-dealkylation sites (tertiary alicyclic amines) is 1. The summed E-state index contributed by atoms with van der Waals surface area (Å²) in [6.45, 7) is 2.47. The number of fused-ring (bicyclic) bond motifs is 3. The summed E-state index contributed by atoms with van der Waals surface area (Å²) in [5, 5.41) is 0. The maximum absolute atomic E-state index is 2.82. The Kier molecular flexibility index (Phi) is 6.52. The Morgan fingerprint density at radius 2 is 1.74 bits per heavy atom. The van der Waals surface area contributed by atoms with Gasteiger partial charge in [-0.25, -0.2) is 0 Å². The van der Waals surface area contributed by atoms with Crippen LogP contribution in [0, 0.1) is 11.8 Å². The van der Waals surface area contributed by atoms with Crippen LogP contribution in [0.5, 0.6) is 0 Å². The molecule has 39 heavy (non-hydrogen) atoms. The van der Waals surface area contributed by atoms with Gasteiger partial charge in [-0.05, 0) is 80.7 Å². The normalized spacial score (nSPS) is 34.5. The Morgan fingerprint density at radius 1 is 0.846 bits per heavy atom. The van der Waals surface area contributed by atoms with E-state index in [1.807, 2.05) is 0 Å². The fraction of sp³-hybridized carbons (Fsp3) is 0.351. The van der Waals surface area contributed by atoms with Crippen LogP contribution in [-0.4, -0.2) is 28.6 Å². The fourth-order valence-electron chi connectivity index (χ4n) is 7.97. The Balaban J connectivity index is 1.11. The van der Waals surface area contributed by atoms with Gasteiger partial charge in [-0.15, -0.1) is 0 Å². The van der Waals surface area contributed by atoms with Gasteiger partial charge in [0.1, 0.15) is 0 Å². The third-order valence-corrected chi connectivity index (χ3v) is 9.82. The van der Waals surface area contributed by atoms with E-state index < -0.39 is 0 Å². The lowest BCUT2D eigenvalue weighted by Gasteiger charge is -2.43. The zero-order chi connectivity index (χ0) is 26.2. The van der Waals surface area contributed by atoms with Crippen molar-refractivity contribution in [2.24, 2.45) is 11.8 Å². The summed E-state index contributed by atoms with van der Waals surface area (Å²) < 4.78 is 0. The predicted octanol–water partition coefficient (Wildman–Crippen LogP) is 8.47. The van der Waals surface area contributed by atoms with Crippen molar-refractivity contribution in [3.63, 3.8) is 0 Å². The van der Waals surface area contributed by atoms with Crippen LogP contribution in [0.4, 0.5) is 5.69 Å². The van der Waals surface area contributed by atoms with E-state index in [0.717, 1.165) is 31.6 Å². The number of nitrogens with zero attached hydrogens (tertiary/aromatic N) is 2. The molecule has 1 saturated heterocycles. The molecule has 0 radical (unpaired) electrons. The zero-order valence-electron chi connectivity index (χ0n) is 23.1. The molecule has 198 valence electrons. The SMILES string of the molecule is CC12C=CC=CC1C1CCC=CC1N2C1C=CC(c2ccc(N(C3=CC=CCC3)C3C=CC=CC3)cc2)=CC1. The van der Waals surface area contributed by atoms with Crippen molar-refractivity contribution in [2.75, 3.05) is 4.90 Å². The minimum Gasteiger partial charge on any atom is -0.338 e. The van der Waals surface area contributed by atoms with Gasteiger partial charge in [0, 0.05) is 34.9 Å². The van der Waals surface area contributed by atoms with Crippen molar-refractivity contribution >= 4 is 11.3 Å². The first-order chi connectivity index (χ1) is 19.2. The van der Waals surface area contributed by atoms with E-state index in [4.69, 9.17) is 0 Å². The highest BCUT2D eigenvalue weighted by Gasteiger charge is 2.55. The monoisotopic (exact) mass is 512 g/mol. The lowest BCUT2D eigenvalue weighted by molar-refractivity contribution is 0.121. The van der Waals surface area contributed by atoms with Crippen LogP contribution in [0.15, 0.2) is 127 Å². The van der Waals surface area contributed by atoms with E-state index in [2.05, 4.69) is 138 Å². The van der Waals surface area contributed by atoms with Crippen molar-refractivity contribution in [1.82, 2.24) is 4.90 Å². The smallest absolute Gasteiger partial charge is 0.0556 e. The first-order valence-corrected chi connectivity index (χ1v) is 15.0. The quantitative estimate of drug-likeness (QED) is 0.365. The van der Waals surface area contributed by atoms with Gasteiger partial charge in [-0.1, -0.05) is 103 Å². The molecule has 2 nitrogen and oxygen atoms in total. The molecule has 0 amide bonds. The van der Waals surface area contributed by atoms with E-state index in [1.165, 1.54) is 35.4 Å². The molecule has 0 bridgehead atoms. The highest BCUT2D eigenvalue weighted by molar-refractivity contribution is 5.76. The molecule has 1 aromatic rings. The summed E-state index contributed by atoms with van der Waals surface area (Å²) >= 11 is 0. The molecular formula is C37H40N2. The number of hydrogen-bond donors (Lipinski definition) is 0. The molecule has 6 unspecified atom stereocenters. The maximum atomic E-state index is 2.82. The number of rotatable bonds is 5. The molecule has 0 spiro atoms. The Hall–Kier alpha value is -3.36. The number of anilines is 1. The summed E-state index contributed by atoms with van der Waals surface area (Å²) in [6.07, 6.45) is 44.3. The second-order valence-electron chi connectivity index (χ2n) is 12.0. The summed E-state index contributed by atoms with van der Waals surface area (Å²) in [6, 6.07) is 10.6. The van der Waals surface area contributed by atoms with Gasteiger partial charge < -0.3 is 4.90 Å². The van der Waals surface area contributed by atoms with Crippen LogP contribution in [-0.2, 0) is 0 Å². The third-order valence-electron chi connectivity index (χ3n) is 9.82. The molecule has 0 saturated carbocycles. The van der Waals surface area contributed by atoms with Crippen molar-refractivity contribution in [3.05, 3.63) is 133 Å². The molecule has 1 fully saturated rings. The maximum Gasteiger partial charge on any atom is 0.0556 e. The molecule has 1 heterocycles. The van der Waals surface area contributed by atoms with Crippen molar-refractivity contribution in [3.8, 4) is 0 Å². The Labute approximate surface area is 234 Å². The Morgan fingerprint density at radius 3 is 2.51 bits per heavy atom.